The Labute approximate surface area is 172 Å². The number of aliphatic hydroxyl groups is 3. The molecule has 4 atom stereocenters. The highest BCUT2D eigenvalue weighted by Gasteiger charge is 2.53. The molecule has 1 aliphatic heterocycles. The SMILES string of the molecule is CC1(O)[C@@H](O)[C@@H](CO)O[C@H]1n1cc(-c2cccc3ccccc23)c2c(N)ncnc21. The van der Waals surface area contributed by atoms with Gasteiger partial charge in [-0.2, -0.15) is 0 Å². The van der Waals surface area contributed by atoms with Crippen LogP contribution in [0.5, 0.6) is 0 Å². The van der Waals surface area contributed by atoms with Gasteiger partial charge in [0.05, 0.1) is 12.0 Å². The van der Waals surface area contributed by atoms with Crippen molar-refractivity contribution in [2.75, 3.05) is 12.3 Å². The van der Waals surface area contributed by atoms with E-state index in [1.807, 2.05) is 48.7 Å². The number of rotatable bonds is 3. The maximum Gasteiger partial charge on any atom is 0.167 e. The molecule has 5 N–H and O–H groups in total. The zero-order valence-corrected chi connectivity index (χ0v) is 16.3. The predicted molar refractivity (Wildman–Crippen MR) is 113 cm³/mol. The molecule has 1 aliphatic rings. The second kappa shape index (κ2) is 6.75. The highest BCUT2D eigenvalue weighted by Crippen LogP contribution is 2.43. The summed E-state index contributed by atoms with van der Waals surface area (Å²) in [4.78, 5) is 8.55. The summed E-state index contributed by atoms with van der Waals surface area (Å²) in [5, 5.41) is 33.7. The summed E-state index contributed by atoms with van der Waals surface area (Å²) in [7, 11) is 0. The number of ether oxygens (including phenoxy) is 1. The van der Waals surface area contributed by atoms with Crippen LogP contribution in [0.1, 0.15) is 13.2 Å². The summed E-state index contributed by atoms with van der Waals surface area (Å²) in [6.45, 7) is 1.06. The van der Waals surface area contributed by atoms with Crippen molar-refractivity contribution >= 4 is 27.6 Å². The number of aromatic nitrogens is 3. The van der Waals surface area contributed by atoms with Gasteiger partial charge in [0.15, 0.2) is 6.23 Å². The Morgan fingerprint density at radius 1 is 1.13 bits per heavy atom. The molecule has 154 valence electrons. The molecule has 1 saturated heterocycles. The van der Waals surface area contributed by atoms with Gasteiger partial charge in [-0.1, -0.05) is 42.5 Å². The van der Waals surface area contributed by atoms with Crippen molar-refractivity contribution < 1.29 is 20.1 Å². The first kappa shape index (κ1) is 19.0. The van der Waals surface area contributed by atoms with Crippen LogP contribution in [-0.4, -0.2) is 54.3 Å². The molecule has 30 heavy (non-hydrogen) atoms. The summed E-state index contributed by atoms with van der Waals surface area (Å²) in [6, 6.07) is 14.0. The lowest BCUT2D eigenvalue weighted by molar-refractivity contribution is -0.0948. The molecular weight excluding hydrogens is 384 g/mol. The Morgan fingerprint density at radius 3 is 2.67 bits per heavy atom. The average Bonchev–Trinajstić information content (AvgIpc) is 3.23. The molecule has 1 fully saturated rings. The van der Waals surface area contributed by atoms with Gasteiger partial charge in [-0.25, -0.2) is 9.97 Å². The van der Waals surface area contributed by atoms with Crippen molar-refractivity contribution in [3.05, 3.63) is 55.0 Å². The number of benzene rings is 2. The average molecular weight is 406 g/mol. The number of fused-ring (bicyclic) bond motifs is 2. The Morgan fingerprint density at radius 2 is 1.90 bits per heavy atom. The van der Waals surface area contributed by atoms with Crippen LogP contribution in [0.3, 0.4) is 0 Å². The molecule has 0 spiro atoms. The Bertz CT molecular complexity index is 1250. The molecule has 5 rings (SSSR count). The van der Waals surface area contributed by atoms with E-state index in [0.717, 1.165) is 21.9 Å². The summed E-state index contributed by atoms with van der Waals surface area (Å²) in [6.07, 6.45) is 0.0197. The number of anilines is 1. The Balaban J connectivity index is 1.78. The fourth-order valence-electron chi connectivity index (χ4n) is 4.34. The van der Waals surface area contributed by atoms with E-state index >= 15 is 0 Å². The highest BCUT2D eigenvalue weighted by molar-refractivity contribution is 6.07. The lowest BCUT2D eigenvalue weighted by Gasteiger charge is -2.27. The minimum atomic E-state index is -1.64. The van der Waals surface area contributed by atoms with Crippen LogP contribution in [0, 0.1) is 0 Å². The summed E-state index contributed by atoms with van der Waals surface area (Å²) >= 11 is 0. The van der Waals surface area contributed by atoms with E-state index in [4.69, 9.17) is 10.5 Å². The molecule has 0 radical (unpaired) electrons. The largest absolute Gasteiger partial charge is 0.394 e. The van der Waals surface area contributed by atoms with Gasteiger partial charge in [-0.05, 0) is 23.3 Å². The molecule has 2 aromatic carbocycles. The van der Waals surface area contributed by atoms with Gasteiger partial charge in [-0.15, -0.1) is 0 Å². The van der Waals surface area contributed by atoms with Gasteiger partial charge in [0.25, 0.3) is 0 Å². The van der Waals surface area contributed by atoms with Crippen LogP contribution in [0.2, 0.25) is 0 Å². The Hall–Kier alpha value is -3.04. The topological polar surface area (TPSA) is 127 Å². The molecule has 4 aromatic rings. The second-order valence-electron chi connectivity index (χ2n) is 7.81. The molecule has 8 heteroatoms. The van der Waals surface area contributed by atoms with Crippen LogP contribution >= 0.6 is 0 Å². The Kier molecular flexibility index (Phi) is 4.26. The third-order valence-corrected chi connectivity index (χ3v) is 5.91. The molecular formula is C22H22N4O4. The fraction of sp³-hybridized carbons (Fsp3) is 0.273. The molecule has 0 saturated carbocycles. The van der Waals surface area contributed by atoms with Crippen molar-refractivity contribution in [3.63, 3.8) is 0 Å². The number of hydrogen-bond acceptors (Lipinski definition) is 7. The van der Waals surface area contributed by atoms with Gasteiger partial charge < -0.3 is 30.4 Å². The van der Waals surface area contributed by atoms with Crippen LogP contribution in [0.15, 0.2) is 55.0 Å². The molecule has 8 nitrogen and oxygen atoms in total. The monoisotopic (exact) mass is 406 g/mol. The normalized spacial score (nSPS) is 26.6. The van der Waals surface area contributed by atoms with Gasteiger partial charge in [0.1, 0.15) is 35.6 Å². The summed E-state index contributed by atoms with van der Waals surface area (Å²) in [5.74, 6) is 0.304. The van der Waals surface area contributed by atoms with Crippen molar-refractivity contribution in [1.82, 2.24) is 14.5 Å². The smallest absolute Gasteiger partial charge is 0.167 e. The van der Waals surface area contributed by atoms with E-state index in [1.165, 1.54) is 13.3 Å². The van der Waals surface area contributed by atoms with Crippen molar-refractivity contribution in [2.45, 2.75) is 31.0 Å². The van der Waals surface area contributed by atoms with E-state index in [9.17, 15) is 15.3 Å². The molecule has 3 heterocycles. The minimum Gasteiger partial charge on any atom is -0.394 e. The zero-order chi connectivity index (χ0) is 21.0. The first-order valence-electron chi connectivity index (χ1n) is 9.69. The predicted octanol–water partition coefficient (Wildman–Crippen LogP) is 1.84. The van der Waals surface area contributed by atoms with Crippen molar-refractivity contribution in [1.29, 1.82) is 0 Å². The molecule has 0 aliphatic carbocycles. The van der Waals surface area contributed by atoms with Crippen molar-refractivity contribution in [3.8, 4) is 11.1 Å². The second-order valence-corrected chi connectivity index (χ2v) is 7.81. The van der Waals surface area contributed by atoms with E-state index in [-0.39, 0.29) is 0 Å². The quantitative estimate of drug-likeness (QED) is 0.409. The maximum absolute atomic E-state index is 11.0. The number of nitrogens with zero attached hydrogens (tertiary/aromatic N) is 3. The van der Waals surface area contributed by atoms with Crippen LogP contribution < -0.4 is 5.73 Å². The van der Waals surface area contributed by atoms with Gasteiger partial charge in [0, 0.05) is 11.8 Å². The number of nitrogen functional groups attached to an aromatic ring is 1. The number of nitrogens with two attached hydrogens (primary N) is 1. The fourth-order valence-corrected chi connectivity index (χ4v) is 4.34. The van der Waals surface area contributed by atoms with E-state index in [0.29, 0.717) is 16.9 Å². The van der Waals surface area contributed by atoms with Gasteiger partial charge >= 0.3 is 0 Å². The first-order chi connectivity index (χ1) is 14.4. The van der Waals surface area contributed by atoms with Crippen LogP contribution in [0.4, 0.5) is 5.82 Å². The maximum atomic E-state index is 11.0. The van der Waals surface area contributed by atoms with E-state index in [1.54, 1.807) is 4.57 Å². The zero-order valence-electron chi connectivity index (χ0n) is 16.3. The first-order valence-corrected chi connectivity index (χ1v) is 9.69. The third kappa shape index (κ3) is 2.62. The van der Waals surface area contributed by atoms with Gasteiger partial charge in [-0.3, -0.25) is 0 Å². The van der Waals surface area contributed by atoms with Crippen molar-refractivity contribution in [2.24, 2.45) is 0 Å². The lowest BCUT2D eigenvalue weighted by Crippen LogP contribution is -2.44. The summed E-state index contributed by atoms with van der Waals surface area (Å²) in [5.41, 5.74) is 6.80. The minimum absolute atomic E-state index is 0.304. The van der Waals surface area contributed by atoms with E-state index in [2.05, 4.69) is 9.97 Å². The lowest BCUT2D eigenvalue weighted by atomic mass is 9.96. The standard InChI is InChI=1S/C22H22N4O4/c1-22(29)18(28)16(10-27)30-21(22)26-9-15(17-19(23)24-11-25-20(17)26)14-8-4-6-12-5-2-3-7-13(12)14/h2-9,11,16,18,21,27-29H,10H2,1H3,(H2,23,24,25)/t16-,18+,21-,22?/m1/s1. The highest BCUT2D eigenvalue weighted by atomic mass is 16.6. The van der Waals surface area contributed by atoms with Crippen LogP contribution in [-0.2, 0) is 4.74 Å². The third-order valence-electron chi connectivity index (χ3n) is 5.91. The molecule has 0 bridgehead atoms. The van der Waals surface area contributed by atoms with E-state index < -0.39 is 30.6 Å². The number of aliphatic hydroxyl groups excluding tert-OH is 2. The summed E-state index contributed by atoms with van der Waals surface area (Å²) < 4.78 is 7.48. The molecule has 1 unspecified atom stereocenters. The number of hydrogen-bond donors (Lipinski definition) is 4. The molecule has 0 amide bonds. The molecule has 2 aromatic heterocycles. The van der Waals surface area contributed by atoms with Gasteiger partial charge in [0.2, 0.25) is 0 Å². The van der Waals surface area contributed by atoms with Crippen LogP contribution in [0.25, 0.3) is 32.9 Å².